The van der Waals surface area contributed by atoms with Gasteiger partial charge in [0.1, 0.15) is 0 Å². The average molecular weight is 195 g/mol. The van der Waals surface area contributed by atoms with Crippen LogP contribution in [0.3, 0.4) is 0 Å². The van der Waals surface area contributed by atoms with Crippen LogP contribution in [0, 0.1) is 0 Å². The van der Waals surface area contributed by atoms with Crippen LogP contribution in [-0.2, 0) is 11.2 Å². The standard InChI is InChI=1S/C9H13N.C2H4O2/c10-8-4-7-9-5-2-1-3-6-9;1-2(3)4/h1-3,5-6H,4,7-8,10H2;1H3,(H,3,4). The van der Waals surface area contributed by atoms with Crippen molar-refractivity contribution in [3.63, 3.8) is 0 Å². The molecule has 0 aromatic heterocycles. The molecular formula is C11H17NO2. The first-order valence-electron chi connectivity index (χ1n) is 4.60. The molecule has 3 nitrogen and oxygen atoms in total. The van der Waals surface area contributed by atoms with Gasteiger partial charge in [-0.2, -0.15) is 0 Å². The van der Waals surface area contributed by atoms with Crippen molar-refractivity contribution in [3.8, 4) is 0 Å². The lowest BCUT2D eigenvalue weighted by molar-refractivity contribution is -0.134. The van der Waals surface area contributed by atoms with Gasteiger partial charge in [-0.05, 0) is 24.9 Å². The van der Waals surface area contributed by atoms with E-state index in [-0.39, 0.29) is 0 Å². The number of aryl methyl sites for hydroxylation is 1. The van der Waals surface area contributed by atoms with E-state index in [1.54, 1.807) is 0 Å². The van der Waals surface area contributed by atoms with E-state index in [2.05, 4.69) is 24.3 Å². The second kappa shape index (κ2) is 8.26. The Morgan fingerprint density at radius 2 is 1.86 bits per heavy atom. The Labute approximate surface area is 84.6 Å². The lowest BCUT2D eigenvalue weighted by Gasteiger charge is -1.96. The number of hydrogen-bond donors (Lipinski definition) is 2. The molecule has 0 unspecified atom stereocenters. The largest absolute Gasteiger partial charge is 0.481 e. The summed E-state index contributed by atoms with van der Waals surface area (Å²) >= 11 is 0. The minimum Gasteiger partial charge on any atom is -0.481 e. The van der Waals surface area contributed by atoms with Crippen molar-refractivity contribution in [2.24, 2.45) is 5.73 Å². The van der Waals surface area contributed by atoms with Crippen molar-refractivity contribution < 1.29 is 9.90 Å². The second-order valence-corrected chi connectivity index (χ2v) is 2.90. The maximum atomic E-state index is 9.00. The molecule has 0 fully saturated rings. The summed E-state index contributed by atoms with van der Waals surface area (Å²) in [7, 11) is 0. The molecule has 1 aromatic rings. The number of benzene rings is 1. The van der Waals surface area contributed by atoms with E-state index in [0.29, 0.717) is 0 Å². The molecular weight excluding hydrogens is 178 g/mol. The highest BCUT2D eigenvalue weighted by Crippen LogP contribution is 2.00. The number of rotatable bonds is 3. The maximum absolute atomic E-state index is 9.00. The molecule has 0 aliphatic carbocycles. The fraction of sp³-hybridized carbons (Fsp3) is 0.364. The number of carboxylic acids is 1. The fourth-order valence-electron chi connectivity index (χ4n) is 0.951. The predicted molar refractivity (Wildman–Crippen MR) is 57.1 cm³/mol. The third kappa shape index (κ3) is 8.74. The number of aliphatic carboxylic acids is 1. The highest BCUT2D eigenvalue weighted by atomic mass is 16.4. The molecule has 1 rings (SSSR count). The number of nitrogens with two attached hydrogens (primary N) is 1. The van der Waals surface area contributed by atoms with Crippen molar-refractivity contribution in [1.82, 2.24) is 0 Å². The Kier molecular flexibility index (Phi) is 7.46. The Morgan fingerprint density at radius 1 is 1.36 bits per heavy atom. The second-order valence-electron chi connectivity index (χ2n) is 2.90. The Hall–Kier alpha value is -1.35. The van der Waals surface area contributed by atoms with Crippen LogP contribution in [0.1, 0.15) is 18.9 Å². The van der Waals surface area contributed by atoms with Gasteiger partial charge in [-0.3, -0.25) is 4.79 Å². The first kappa shape index (κ1) is 12.7. The van der Waals surface area contributed by atoms with Crippen LogP contribution < -0.4 is 5.73 Å². The smallest absolute Gasteiger partial charge is 0.300 e. The van der Waals surface area contributed by atoms with Crippen LogP contribution in [0.4, 0.5) is 0 Å². The molecule has 0 amide bonds. The molecule has 0 spiro atoms. The zero-order valence-corrected chi connectivity index (χ0v) is 8.44. The highest BCUT2D eigenvalue weighted by Gasteiger charge is 1.87. The summed E-state index contributed by atoms with van der Waals surface area (Å²) in [6, 6.07) is 10.4. The van der Waals surface area contributed by atoms with Crippen molar-refractivity contribution in [2.45, 2.75) is 19.8 Å². The number of hydrogen-bond acceptors (Lipinski definition) is 2. The number of carbonyl (C=O) groups is 1. The molecule has 3 N–H and O–H groups in total. The van der Waals surface area contributed by atoms with Gasteiger partial charge in [0.2, 0.25) is 0 Å². The zero-order chi connectivity index (χ0) is 10.8. The summed E-state index contributed by atoms with van der Waals surface area (Å²) in [6.45, 7) is 1.87. The Morgan fingerprint density at radius 3 is 2.29 bits per heavy atom. The van der Waals surface area contributed by atoms with Crippen molar-refractivity contribution in [3.05, 3.63) is 35.9 Å². The molecule has 3 heteroatoms. The van der Waals surface area contributed by atoms with Crippen molar-refractivity contribution >= 4 is 5.97 Å². The number of carboxylic acid groups (broad SMARTS) is 1. The van der Waals surface area contributed by atoms with Crippen molar-refractivity contribution in [1.29, 1.82) is 0 Å². The molecule has 0 saturated heterocycles. The molecule has 0 heterocycles. The predicted octanol–water partition coefficient (Wildman–Crippen LogP) is 1.67. The van der Waals surface area contributed by atoms with Crippen molar-refractivity contribution in [2.75, 3.05) is 6.54 Å². The monoisotopic (exact) mass is 195 g/mol. The average Bonchev–Trinajstić information content (AvgIpc) is 2.15. The van der Waals surface area contributed by atoms with Gasteiger partial charge in [0.05, 0.1) is 0 Å². The molecule has 0 bridgehead atoms. The van der Waals surface area contributed by atoms with E-state index in [9.17, 15) is 0 Å². The summed E-state index contributed by atoms with van der Waals surface area (Å²) in [5.41, 5.74) is 6.76. The van der Waals surface area contributed by atoms with Gasteiger partial charge >= 0.3 is 0 Å². The zero-order valence-electron chi connectivity index (χ0n) is 8.44. The summed E-state index contributed by atoms with van der Waals surface area (Å²) in [4.78, 5) is 9.00. The Balaban J connectivity index is 0.000000364. The van der Waals surface area contributed by atoms with E-state index in [4.69, 9.17) is 15.6 Å². The van der Waals surface area contributed by atoms with Crippen LogP contribution in [0.25, 0.3) is 0 Å². The first-order valence-corrected chi connectivity index (χ1v) is 4.60. The summed E-state index contributed by atoms with van der Waals surface area (Å²) in [5.74, 6) is -0.833. The highest BCUT2D eigenvalue weighted by molar-refractivity contribution is 5.62. The maximum Gasteiger partial charge on any atom is 0.300 e. The molecule has 0 aliphatic rings. The summed E-state index contributed by atoms with van der Waals surface area (Å²) in [6.07, 6.45) is 2.20. The lowest BCUT2D eigenvalue weighted by atomic mass is 10.1. The minimum atomic E-state index is -0.833. The van der Waals surface area contributed by atoms with E-state index in [1.165, 1.54) is 5.56 Å². The van der Waals surface area contributed by atoms with Gasteiger partial charge in [0.25, 0.3) is 5.97 Å². The molecule has 14 heavy (non-hydrogen) atoms. The van der Waals surface area contributed by atoms with Gasteiger partial charge in [-0.1, -0.05) is 30.3 Å². The Bertz CT molecular complexity index is 243. The van der Waals surface area contributed by atoms with Gasteiger partial charge in [0.15, 0.2) is 0 Å². The van der Waals surface area contributed by atoms with E-state index in [1.807, 2.05) is 6.07 Å². The third-order valence-electron chi connectivity index (χ3n) is 1.51. The normalized spacial score (nSPS) is 8.71. The summed E-state index contributed by atoms with van der Waals surface area (Å²) < 4.78 is 0. The van der Waals surface area contributed by atoms with Gasteiger partial charge in [-0.15, -0.1) is 0 Å². The topological polar surface area (TPSA) is 63.3 Å². The van der Waals surface area contributed by atoms with Gasteiger partial charge in [0, 0.05) is 6.92 Å². The molecule has 1 aromatic carbocycles. The molecule has 78 valence electrons. The quantitative estimate of drug-likeness (QED) is 0.771. The molecule has 0 aliphatic heterocycles. The lowest BCUT2D eigenvalue weighted by Crippen LogP contribution is -1.99. The molecule has 0 saturated carbocycles. The minimum absolute atomic E-state index is 0.787. The fourth-order valence-corrected chi connectivity index (χ4v) is 0.951. The van der Waals surface area contributed by atoms with Crippen LogP contribution >= 0.6 is 0 Å². The summed E-state index contributed by atoms with van der Waals surface area (Å²) in [5, 5.41) is 7.42. The van der Waals surface area contributed by atoms with Crippen LogP contribution in [0.15, 0.2) is 30.3 Å². The third-order valence-corrected chi connectivity index (χ3v) is 1.51. The van der Waals surface area contributed by atoms with E-state index < -0.39 is 5.97 Å². The van der Waals surface area contributed by atoms with Crippen LogP contribution in [-0.4, -0.2) is 17.6 Å². The van der Waals surface area contributed by atoms with Gasteiger partial charge in [-0.25, -0.2) is 0 Å². The first-order chi connectivity index (χ1) is 6.66. The SMILES string of the molecule is CC(=O)O.NCCCc1ccccc1. The van der Waals surface area contributed by atoms with E-state index in [0.717, 1.165) is 26.3 Å². The van der Waals surface area contributed by atoms with Crippen LogP contribution in [0.5, 0.6) is 0 Å². The molecule has 0 radical (unpaired) electrons. The van der Waals surface area contributed by atoms with E-state index >= 15 is 0 Å². The van der Waals surface area contributed by atoms with Gasteiger partial charge < -0.3 is 10.8 Å². The molecule has 0 atom stereocenters. The van der Waals surface area contributed by atoms with Crippen LogP contribution in [0.2, 0.25) is 0 Å².